The van der Waals surface area contributed by atoms with Gasteiger partial charge in [-0.25, -0.2) is 0 Å². The summed E-state index contributed by atoms with van der Waals surface area (Å²) < 4.78 is 4.82. The van der Waals surface area contributed by atoms with Gasteiger partial charge in [0.05, 0.1) is 6.04 Å². The van der Waals surface area contributed by atoms with E-state index in [0.29, 0.717) is 26.0 Å². The Kier molecular flexibility index (Phi) is 8.35. The van der Waals surface area contributed by atoms with Crippen LogP contribution in [0.2, 0.25) is 0 Å². The Morgan fingerprint density at radius 3 is 2.59 bits per heavy atom. The third-order valence-electron chi connectivity index (χ3n) is 2.58. The predicted molar refractivity (Wildman–Crippen MR) is 63.5 cm³/mol. The molecular formula is C11H22N2O4. The lowest BCUT2D eigenvalue weighted by Gasteiger charge is -2.16. The van der Waals surface area contributed by atoms with E-state index in [9.17, 15) is 9.59 Å². The van der Waals surface area contributed by atoms with Gasteiger partial charge in [0.15, 0.2) is 0 Å². The summed E-state index contributed by atoms with van der Waals surface area (Å²) in [5, 5.41) is 11.3. The van der Waals surface area contributed by atoms with Crippen molar-refractivity contribution in [3.05, 3.63) is 0 Å². The van der Waals surface area contributed by atoms with E-state index in [1.807, 2.05) is 6.92 Å². The Labute approximate surface area is 102 Å². The van der Waals surface area contributed by atoms with Gasteiger partial charge in [0.2, 0.25) is 5.91 Å². The van der Waals surface area contributed by atoms with Crippen LogP contribution in [0.15, 0.2) is 0 Å². The zero-order valence-corrected chi connectivity index (χ0v) is 10.4. The van der Waals surface area contributed by atoms with Gasteiger partial charge in [0.1, 0.15) is 0 Å². The lowest BCUT2D eigenvalue weighted by atomic mass is 10.0. The average Bonchev–Trinajstić information content (AvgIpc) is 2.30. The van der Waals surface area contributed by atoms with Crippen LogP contribution in [0.5, 0.6) is 0 Å². The Bertz CT molecular complexity index is 246. The molecule has 0 aromatic carbocycles. The summed E-state index contributed by atoms with van der Waals surface area (Å²) in [4.78, 5) is 22.1. The van der Waals surface area contributed by atoms with Gasteiger partial charge in [0, 0.05) is 26.7 Å². The van der Waals surface area contributed by atoms with Crippen molar-refractivity contribution in [3.8, 4) is 0 Å². The van der Waals surface area contributed by atoms with Gasteiger partial charge in [-0.05, 0) is 12.3 Å². The number of carbonyl (C=O) groups excluding carboxylic acids is 1. The van der Waals surface area contributed by atoms with Crippen molar-refractivity contribution in [2.24, 2.45) is 11.7 Å². The third-order valence-corrected chi connectivity index (χ3v) is 2.58. The number of ether oxygens (including phenoxy) is 1. The number of hydrogen-bond donors (Lipinski definition) is 3. The molecule has 0 saturated heterocycles. The van der Waals surface area contributed by atoms with Crippen molar-refractivity contribution in [2.75, 3.05) is 20.3 Å². The molecule has 4 N–H and O–H groups in total. The number of carboxylic acids is 1. The molecule has 0 aromatic rings. The van der Waals surface area contributed by atoms with Crippen LogP contribution in [-0.4, -0.2) is 43.3 Å². The second-order valence-electron chi connectivity index (χ2n) is 4.01. The molecule has 0 heterocycles. The second-order valence-corrected chi connectivity index (χ2v) is 4.01. The molecule has 0 saturated carbocycles. The molecule has 2 unspecified atom stereocenters. The number of aliphatic carboxylic acids is 1. The average molecular weight is 246 g/mol. The van der Waals surface area contributed by atoms with E-state index >= 15 is 0 Å². The van der Waals surface area contributed by atoms with Gasteiger partial charge >= 0.3 is 5.97 Å². The third kappa shape index (κ3) is 7.70. The highest BCUT2D eigenvalue weighted by Crippen LogP contribution is 2.06. The van der Waals surface area contributed by atoms with Crippen LogP contribution in [0.3, 0.4) is 0 Å². The number of hydrogen-bond acceptors (Lipinski definition) is 4. The summed E-state index contributed by atoms with van der Waals surface area (Å²) in [5.74, 6) is -1.16. The fourth-order valence-electron chi connectivity index (χ4n) is 1.36. The highest BCUT2D eigenvalue weighted by atomic mass is 16.5. The van der Waals surface area contributed by atoms with Crippen molar-refractivity contribution in [1.82, 2.24) is 5.32 Å². The van der Waals surface area contributed by atoms with Gasteiger partial charge in [-0.2, -0.15) is 0 Å². The van der Waals surface area contributed by atoms with Crippen LogP contribution in [0.25, 0.3) is 0 Å². The fraction of sp³-hybridized carbons (Fsp3) is 0.818. The molecule has 1 amide bonds. The molecule has 0 spiro atoms. The van der Waals surface area contributed by atoms with E-state index < -0.39 is 12.0 Å². The van der Waals surface area contributed by atoms with E-state index in [1.54, 1.807) is 7.11 Å². The predicted octanol–water partition coefficient (Wildman–Crippen LogP) is -0.0327. The first-order valence-electron chi connectivity index (χ1n) is 5.75. The number of carboxylic acid groups (broad SMARTS) is 1. The summed E-state index contributed by atoms with van der Waals surface area (Å²) in [6.45, 7) is 2.67. The SMILES string of the molecule is CCC(CNC(=O)C(N)CCOC)CC(=O)O. The second kappa shape index (κ2) is 8.95. The molecule has 100 valence electrons. The summed E-state index contributed by atoms with van der Waals surface area (Å²) in [6, 6.07) is -0.600. The normalized spacial score (nSPS) is 14.1. The number of methoxy groups -OCH3 is 1. The maximum Gasteiger partial charge on any atom is 0.303 e. The molecule has 0 radical (unpaired) electrons. The number of rotatable bonds is 9. The zero-order valence-electron chi connectivity index (χ0n) is 10.4. The summed E-state index contributed by atoms with van der Waals surface area (Å²) in [7, 11) is 1.55. The zero-order chi connectivity index (χ0) is 13.3. The first kappa shape index (κ1) is 15.9. The molecule has 6 nitrogen and oxygen atoms in total. The molecule has 0 aromatic heterocycles. The van der Waals surface area contributed by atoms with E-state index in [1.165, 1.54) is 0 Å². The molecular weight excluding hydrogens is 224 g/mol. The van der Waals surface area contributed by atoms with Crippen LogP contribution in [0.4, 0.5) is 0 Å². The monoisotopic (exact) mass is 246 g/mol. The lowest BCUT2D eigenvalue weighted by Crippen LogP contribution is -2.43. The molecule has 0 fully saturated rings. The minimum absolute atomic E-state index is 0.0499. The lowest BCUT2D eigenvalue weighted by molar-refractivity contribution is -0.138. The largest absolute Gasteiger partial charge is 0.481 e. The molecule has 0 aliphatic rings. The Hall–Kier alpha value is -1.14. The van der Waals surface area contributed by atoms with Gasteiger partial charge in [-0.15, -0.1) is 0 Å². The van der Waals surface area contributed by atoms with Crippen LogP contribution in [0, 0.1) is 5.92 Å². The van der Waals surface area contributed by atoms with Crippen LogP contribution >= 0.6 is 0 Å². The number of amides is 1. The van der Waals surface area contributed by atoms with Crippen molar-refractivity contribution in [2.45, 2.75) is 32.2 Å². The molecule has 0 aliphatic carbocycles. The van der Waals surface area contributed by atoms with Crippen molar-refractivity contribution in [3.63, 3.8) is 0 Å². The van der Waals surface area contributed by atoms with Crippen LogP contribution in [0.1, 0.15) is 26.2 Å². The standard InChI is InChI=1S/C11H22N2O4/c1-3-8(6-10(14)15)7-13-11(16)9(12)4-5-17-2/h8-9H,3-7,12H2,1-2H3,(H,13,16)(H,14,15). The first-order valence-corrected chi connectivity index (χ1v) is 5.75. The first-order chi connectivity index (χ1) is 8.01. The van der Waals surface area contributed by atoms with Crippen molar-refractivity contribution >= 4 is 11.9 Å². The van der Waals surface area contributed by atoms with Gasteiger partial charge in [-0.3, -0.25) is 9.59 Å². The molecule has 0 rings (SSSR count). The number of carbonyl (C=O) groups is 2. The maximum atomic E-state index is 11.5. The van der Waals surface area contributed by atoms with Gasteiger partial charge < -0.3 is 20.9 Å². The highest BCUT2D eigenvalue weighted by molar-refractivity contribution is 5.81. The minimum Gasteiger partial charge on any atom is -0.481 e. The number of nitrogens with two attached hydrogens (primary N) is 1. The van der Waals surface area contributed by atoms with Crippen LogP contribution < -0.4 is 11.1 Å². The topological polar surface area (TPSA) is 102 Å². The van der Waals surface area contributed by atoms with E-state index in [-0.39, 0.29) is 18.2 Å². The van der Waals surface area contributed by atoms with E-state index in [0.717, 1.165) is 0 Å². The van der Waals surface area contributed by atoms with Crippen molar-refractivity contribution < 1.29 is 19.4 Å². The summed E-state index contributed by atoms with van der Waals surface area (Å²) in [5.41, 5.74) is 5.62. The molecule has 6 heteroatoms. The van der Waals surface area contributed by atoms with E-state index in [4.69, 9.17) is 15.6 Å². The molecule has 2 atom stereocenters. The Balaban J connectivity index is 3.90. The molecule has 0 bridgehead atoms. The molecule has 0 aliphatic heterocycles. The smallest absolute Gasteiger partial charge is 0.303 e. The van der Waals surface area contributed by atoms with Gasteiger partial charge in [0.25, 0.3) is 0 Å². The highest BCUT2D eigenvalue weighted by Gasteiger charge is 2.16. The molecule has 17 heavy (non-hydrogen) atoms. The Morgan fingerprint density at radius 1 is 1.47 bits per heavy atom. The van der Waals surface area contributed by atoms with Crippen molar-refractivity contribution in [1.29, 1.82) is 0 Å². The Morgan fingerprint density at radius 2 is 2.12 bits per heavy atom. The van der Waals surface area contributed by atoms with Gasteiger partial charge in [-0.1, -0.05) is 13.3 Å². The summed E-state index contributed by atoms with van der Waals surface area (Å²) in [6.07, 6.45) is 1.22. The minimum atomic E-state index is -0.852. The van der Waals surface area contributed by atoms with Crippen LogP contribution in [-0.2, 0) is 14.3 Å². The summed E-state index contributed by atoms with van der Waals surface area (Å²) >= 11 is 0. The fourth-order valence-corrected chi connectivity index (χ4v) is 1.36. The number of nitrogens with one attached hydrogen (secondary N) is 1. The maximum absolute atomic E-state index is 11.5. The van der Waals surface area contributed by atoms with E-state index in [2.05, 4.69) is 5.32 Å². The quantitative estimate of drug-likeness (QED) is 0.530.